The molecule has 2 aliphatic rings. The molecule has 154 valence electrons. The van der Waals surface area contributed by atoms with Crippen molar-refractivity contribution < 1.29 is 28.7 Å². The Bertz CT molecular complexity index is 711. The molecule has 9 heteroatoms. The minimum absolute atomic E-state index is 0.112. The first kappa shape index (κ1) is 20.3. The van der Waals surface area contributed by atoms with Crippen molar-refractivity contribution in [2.24, 2.45) is 0 Å². The van der Waals surface area contributed by atoms with Gasteiger partial charge in [0.2, 0.25) is 5.91 Å². The highest BCUT2D eigenvalue weighted by atomic mass is 19.1. The van der Waals surface area contributed by atoms with E-state index in [2.05, 4.69) is 0 Å². The Morgan fingerprint density at radius 3 is 2.79 bits per heavy atom. The standard InChI is InChI=1S/C19H26FN3O5/c1-2-3-4-18(24)23(26)13-15-12-22(19(25)28-15)14-5-6-17(16(20)11-14)21-7-9-27-10-8-21/h5-6,11,15,26H,2-4,7-10,12-13H2,1H3/t15-/m1/s1. The highest BCUT2D eigenvalue weighted by molar-refractivity contribution is 5.90. The van der Waals surface area contributed by atoms with Gasteiger partial charge < -0.3 is 14.4 Å². The van der Waals surface area contributed by atoms with Gasteiger partial charge >= 0.3 is 6.09 Å². The van der Waals surface area contributed by atoms with E-state index in [4.69, 9.17) is 9.47 Å². The summed E-state index contributed by atoms with van der Waals surface area (Å²) in [6.45, 7) is 4.30. The molecule has 1 aromatic carbocycles. The Morgan fingerprint density at radius 1 is 1.36 bits per heavy atom. The summed E-state index contributed by atoms with van der Waals surface area (Å²) in [5.41, 5.74) is 0.850. The molecular formula is C19H26FN3O5. The largest absolute Gasteiger partial charge is 0.442 e. The lowest BCUT2D eigenvalue weighted by atomic mass is 10.2. The number of hydrogen-bond donors (Lipinski definition) is 1. The van der Waals surface area contributed by atoms with Crippen molar-refractivity contribution >= 4 is 23.4 Å². The van der Waals surface area contributed by atoms with Crippen LogP contribution in [0.4, 0.5) is 20.6 Å². The molecule has 0 aromatic heterocycles. The molecule has 1 atom stereocenters. The summed E-state index contributed by atoms with van der Waals surface area (Å²) < 4.78 is 25.1. The van der Waals surface area contributed by atoms with Crippen LogP contribution in [0.1, 0.15) is 26.2 Å². The molecule has 2 aliphatic heterocycles. The summed E-state index contributed by atoms with van der Waals surface area (Å²) in [5.74, 6) is -0.827. The van der Waals surface area contributed by atoms with Crippen molar-refractivity contribution in [3.05, 3.63) is 24.0 Å². The van der Waals surface area contributed by atoms with Crippen LogP contribution in [0.5, 0.6) is 0 Å². The van der Waals surface area contributed by atoms with Gasteiger partial charge in [0, 0.05) is 19.5 Å². The van der Waals surface area contributed by atoms with Crippen LogP contribution in [0.2, 0.25) is 0 Å². The highest BCUT2D eigenvalue weighted by Crippen LogP contribution is 2.28. The number of rotatable bonds is 7. The number of benzene rings is 1. The molecule has 0 radical (unpaired) electrons. The molecule has 28 heavy (non-hydrogen) atoms. The first-order valence-electron chi connectivity index (χ1n) is 9.59. The maximum absolute atomic E-state index is 14.6. The Morgan fingerprint density at radius 2 is 2.11 bits per heavy atom. The molecule has 1 N–H and O–H groups in total. The number of amides is 2. The lowest BCUT2D eigenvalue weighted by molar-refractivity contribution is -0.169. The fraction of sp³-hybridized carbons (Fsp3) is 0.579. The molecule has 0 saturated carbocycles. The molecule has 3 rings (SSSR count). The van der Waals surface area contributed by atoms with Crippen LogP contribution in [0.25, 0.3) is 0 Å². The monoisotopic (exact) mass is 395 g/mol. The Labute approximate surface area is 163 Å². The molecular weight excluding hydrogens is 369 g/mol. The molecule has 0 bridgehead atoms. The first-order valence-corrected chi connectivity index (χ1v) is 9.59. The summed E-state index contributed by atoms with van der Waals surface area (Å²) in [7, 11) is 0. The normalized spacial score (nSPS) is 19.7. The van der Waals surface area contributed by atoms with E-state index < -0.39 is 23.9 Å². The van der Waals surface area contributed by atoms with Crippen molar-refractivity contribution in [1.82, 2.24) is 5.06 Å². The fourth-order valence-corrected chi connectivity index (χ4v) is 3.30. The third kappa shape index (κ3) is 4.71. The quantitative estimate of drug-likeness (QED) is 0.564. The SMILES string of the molecule is CCCCC(=O)N(O)C[C@H]1CN(c2ccc(N3CCOCC3)c(F)c2)C(=O)O1. The summed E-state index contributed by atoms with van der Waals surface area (Å²) in [5, 5.41) is 10.5. The van der Waals surface area contributed by atoms with Crippen LogP contribution >= 0.6 is 0 Å². The number of unbranched alkanes of at least 4 members (excludes halogenated alkanes) is 1. The summed E-state index contributed by atoms with van der Waals surface area (Å²) >= 11 is 0. The van der Waals surface area contributed by atoms with Gasteiger partial charge in [0.25, 0.3) is 0 Å². The van der Waals surface area contributed by atoms with E-state index in [-0.39, 0.29) is 19.5 Å². The van der Waals surface area contributed by atoms with Gasteiger partial charge in [0.05, 0.1) is 37.7 Å². The number of carbonyl (C=O) groups excluding carboxylic acids is 2. The number of cyclic esters (lactones) is 1. The Hall–Kier alpha value is -2.39. The lowest BCUT2D eigenvalue weighted by Crippen LogP contribution is -2.37. The molecule has 2 fully saturated rings. The third-order valence-electron chi connectivity index (χ3n) is 4.88. The maximum Gasteiger partial charge on any atom is 0.414 e. The second kappa shape index (κ2) is 9.20. The smallest absolute Gasteiger partial charge is 0.414 e. The van der Waals surface area contributed by atoms with E-state index >= 15 is 0 Å². The average molecular weight is 395 g/mol. The zero-order valence-corrected chi connectivity index (χ0v) is 16.0. The van der Waals surface area contributed by atoms with Gasteiger partial charge in [-0.2, -0.15) is 0 Å². The van der Waals surface area contributed by atoms with Gasteiger partial charge in [-0.3, -0.25) is 14.9 Å². The van der Waals surface area contributed by atoms with Crippen LogP contribution in [0.3, 0.4) is 0 Å². The van der Waals surface area contributed by atoms with Crippen molar-refractivity contribution in [2.75, 3.05) is 49.2 Å². The zero-order chi connectivity index (χ0) is 20.1. The van der Waals surface area contributed by atoms with Gasteiger partial charge in [-0.05, 0) is 24.6 Å². The number of carbonyl (C=O) groups is 2. The number of morpholine rings is 1. The van der Waals surface area contributed by atoms with E-state index in [0.29, 0.717) is 49.2 Å². The number of nitrogens with zero attached hydrogens (tertiary/aromatic N) is 3. The number of hydroxylamine groups is 2. The minimum atomic E-state index is -0.676. The van der Waals surface area contributed by atoms with E-state index in [1.54, 1.807) is 12.1 Å². The first-order chi connectivity index (χ1) is 13.5. The molecule has 2 heterocycles. The Kier molecular flexibility index (Phi) is 6.69. The molecule has 0 aliphatic carbocycles. The molecule has 0 unspecified atom stereocenters. The number of anilines is 2. The maximum atomic E-state index is 14.6. The predicted octanol–water partition coefficient (Wildman–Crippen LogP) is 2.40. The zero-order valence-electron chi connectivity index (χ0n) is 16.0. The molecule has 8 nitrogen and oxygen atoms in total. The van der Waals surface area contributed by atoms with Crippen molar-refractivity contribution in [3.8, 4) is 0 Å². The van der Waals surface area contributed by atoms with Gasteiger partial charge in [-0.1, -0.05) is 13.3 Å². The molecule has 2 amide bonds. The molecule has 2 saturated heterocycles. The van der Waals surface area contributed by atoms with Gasteiger partial charge in [0.15, 0.2) is 0 Å². The van der Waals surface area contributed by atoms with Crippen LogP contribution in [-0.4, -0.2) is 67.8 Å². The fourth-order valence-electron chi connectivity index (χ4n) is 3.30. The van der Waals surface area contributed by atoms with E-state index in [0.717, 1.165) is 6.42 Å². The Balaban J connectivity index is 1.62. The predicted molar refractivity (Wildman–Crippen MR) is 100 cm³/mol. The van der Waals surface area contributed by atoms with Crippen molar-refractivity contribution in [2.45, 2.75) is 32.3 Å². The van der Waals surface area contributed by atoms with E-state index in [1.807, 2.05) is 11.8 Å². The minimum Gasteiger partial charge on any atom is -0.442 e. The van der Waals surface area contributed by atoms with Crippen LogP contribution < -0.4 is 9.80 Å². The van der Waals surface area contributed by atoms with Crippen molar-refractivity contribution in [3.63, 3.8) is 0 Å². The van der Waals surface area contributed by atoms with Crippen molar-refractivity contribution in [1.29, 1.82) is 0 Å². The second-order valence-electron chi connectivity index (χ2n) is 6.93. The van der Waals surface area contributed by atoms with Gasteiger partial charge in [-0.15, -0.1) is 0 Å². The van der Waals surface area contributed by atoms with Gasteiger partial charge in [-0.25, -0.2) is 14.2 Å². The van der Waals surface area contributed by atoms with E-state index in [9.17, 15) is 19.2 Å². The third-order valence-corrected chi connectivity index (χ3v) is 4.88. The summed E-state index contributed by atoms with van der Waals surface area (Å²) in [6, 6.07) is 4.61. The van der Waals surface area contributed by atoms with Crippen LogP contribution in [0, 0.1) is 5.82 Å². The van der Waals surface area contributed by atoms with Crippen LogP contribution in [0.15, 0.2) is 18.2 Å². The lowest BCUT2D eigenvalue weighted by Gasteiger charge is -2.29. The van der Waals surface area contributed by atoms with E-state index in [1.165, 1.54) is 11.0 Å². The summed E-state index contributed by atoms with van der Waals surface area (Å²) in [6.07, 6.45) is 0.466. The number of ether oxygens (including phenoxy) is 2. The second-order valence-corrected chi connectivity index (χ2v) is 6.93. The number of hydrogen-bond acceptors (Lipinski definition) is 6. The van der Waals surface area contributed by atoms with Gasteiger partial charge in [0.1, 0.15) is 11.9 Å². The molecule has 1 aromatic rings. The topological polar surface area (TPSA) is 82.6 Å². The summed E-state index contributed by atoms with van der Waals surface area (Å²) in [4.78, 5) is 27.2. The molecule has 0 spiro atoms. The van der Waals surface area contributed by atoms with Crippen LogP contribution in [-0.2, 0) is 14.3 Å². The number of halogens is 1. The average Bonchev–Trinajstić information content (AvgIpc) is 3.06. The highest BCUT2D eigenvalue weighted by Gasteiger charge is 2.34.